The van der Waals surface area contributed by atoms with Crippen LogP contribution in [0.4, 0.5) is 11.7 Å². The molecule has 34 heavy (non-hydrogen) atoms. The van der Waals surface area contributed by atoms with Crippen LogP contribution in [0, 0.1) is 0 Å². The van der Waals surface area contributed by atoms with Gasteiger partial charge in [0, 0.05) is 34.7 Å². The van der Waals surface area contributed by atoms with Gasteiger partial charge < -0.3 is 34.8 Å². The van der Waals surface area contributed by atoms with Crippen molar-refractivity contribution in [1.82, 2.24) is 19.7 Å². The van der Waals surface area contributed by atoms with Gasteiger partial charge in [-0.15, -0.1) is 0 Å². The van der Waals surface area contributed by atoms with Gasteiger partial charge >= 0.3 is 6.01 Å². The van der Waals surface area contributed by atoms with Crippen molar-refractivity contribution in [1.29, 1.82) is 0 Å². The first kappa shape index (κ1) is 22.5. The number of benzene rings is 2. The van der Waals surface area contributed by atoms with Crippen LogP contribution in [0.1, 0.15) is 5.56 Å². The molecule has 0 amide bonds. The lowest BCUT2D eigenvalue weighted by molar-refractivity contribution is -0.189. The molecule has 2 aromatic carbocycles. The summed E-state index contributed by atoms with van der Waals surface area (Å²) in [7, 11) is 0. The molecular weight excluding hydrogens is 483 g/mol. The van der Waals surface area contributed by atoms with Crippen LogP contribution >= 0.6 is 23.2 Å². The number of anilines is 2. The zero-order valence-electron chi connectivity index (χ0n) is 17.7. The van der Waals surface area contributed by atoms with Crippen molar-refractivity contribution >= 4 is 34.9 Å². The molecule has 12 heteroatoms. The summed E-state index contributed by atoms with van der Waals surface area (Å²) in [5.74, 6) is -0.406. The van der Waals surface area contributed by atoms with E-state index in [1.54, 1.807) is 48.9 Å². The van der Waals surface area contributed by atoms with Crippen LogP contribution in [0.2, 0.25) is 10.0 Å². The third-order valence-corrected chi connectivity index (χ3v) is 5.81. The molecule has 2 aromatic heterocycles. The van der Waals surface area contributed by atoms with E-state index in [1.165, 1.54) is 0 Å². The Balaban J connectivity index is 1.38. The number of ether oxygens (including phenoxy) is 3. The summed E-state index contributed by atoms with van der Waals surface area (Å²) in [6.07, 6.45) is 4.76. The van der Waals surface area contributed by atoms with Crippen molar-refractivity contribution in [2.24, 2.45) is 0 Å². The number of hydrogen-bond acceptors (Lipinski definition) is 9. The van der Waals surface area contributed by atoms with Crippen molar-refractivity contribution in [2.45, 2.75) is 18.4 Å². The largest absolute Gasteiger partial charge is 0.490 e. The molecule has 2 unspecified atom stereocenters. The molecule has 3 heterocycles. The number of nitrogen functional groups attached to an aromatic ring is 2. The van der Waals surface area contributed by atoms with Gasteiger partial charge in [-0.25, -0.2) is 4.98 Å². The summed E-state index contributed by atoms with van der Waals surface area (Å²) >= 11 is 12.6. The molecule has 0 radical (unpaired) electrons. The van der Waals surface area contributed by atoms with Crippen LogP contribution in [0.3, 0.4) is 0 Å². The van der Waals surface area contributed by atoms with Crippen LogP contribution in [-0.2, 0) is 21.8 Å². The van der Waals surface area contributed by atoms with E-state index < -0.39 is 11.9 Å². The van der Waals surface area contributed by atoms with E-state index >= 15 is 0 Å². The van der Waals surface area contributed by atoms with Crippen molar-refractivity contribution in [2.75, 3.05) is 24.7 Å². The Bertz CT molecular complexity index is 1300. The van der Waals surface area contributed by atoms with Crippen LogP contribution in [0.15, 0.2) is 59.6 Å². The summed E-state index contributed by atoms with van der Waals surface area (Å²) in [6.45, 7) is 0.762. The molecule has 4 aromatic rings. The molecule has 1 aliphatic rings. The maximum atomic E-state index is 6.52. The number of hydrogen-bond donors (Lipinski definition) is 2. The summed E-state index contributed by atoms with van der Waals surface area (Å²) in [4.78, 5) is 8.16. The average molecular weight is 503 g/mol. The fourth-order valence-electron chi connectivity index (χ4n) is 3.75. The predicted molar refractivity (Wildman–Crippen MR) is 125 cm³/mol. The molecule has 5 rings (SSSR count). The lowest BCUT2D eigenvalue weighted by Gasteiger charge is -2.30. The zero-order chi connectivity index (χ0) is 23.7. The van der Waals surface area contributed by atoms with E-state index in [4.69, 9.17) is 53.4 Å². The van der Waals surface area contributed by atoms with Gasteiger partial charge in [0.05, 0.1) is 30.1 Å². The predicted octanol–water partition coefficient (Wildman–Crippen LogP) is 3.75. The van der Waals surface area contributed by atoms with Gasteiger partial charge in [0.2, 0.25) is 11.6 Å². The highest BCUT2D eigenvalue weighted by atomic mass is 35.5. The molecule has 0 aliphatic carbocycles. The van der Waals surface area contributed by atoms with Crippen LogP contribution in [0.25, 0.3) is 11.4 Å². The normalized spacial score (nSPS) is 20.0. The number of aromatic nitrogens is 4. The molecule has 10 nitrogen and oxygen atoms in total. The second-order valence-corrected chi connectivity index (χ2v) is 8.53. The molecule has 2 atom stereocenters. The molecule has 4 N–H and O–H groups in total. The van der Waals surface area contributed by atoms with Crippen molar-refractivity contribution in [3.05, 3.63) is 70.7 Å². The number of nitrogens with two attached hydrogens (primary N) is 2. The SMILES string of the molecule is Nc1ccc(-c2noc(N)n2)c(OCC2COC(Cn3ccnc3)(c3ccc(Cl)cc3Cl)O2)c1. The highest BCUT2D eigenvalue weighted by molar-refractivity contribution is 6.35. The smallest absolute Gasteiger partial charge is 0.319 e. The fourth-order valence-corrected chi connectivity index (χ4v) is 4.30. The lowest BCUT2D eigenvalue weighted by atomic mass is 10.1. The van der Waals surface area contributed by atoms with E-state index in [9.17, 15) is 0 Å². The summed E-state index contributed by atoms with van der Waals surface area (Å²) in [5.41, 5.74) is 13.3. The van der Waals surface area contributed by atoms with Gasteiger partial charge in [-0.2, -0.15) is 4.98 Å². The highest BCUT2D eigenvalue weighted by Crippen LogP contribution is 2.41. The lowest BCUT2D eigenvalue weighted by Crippen LogP contribution is -2.34. The van der Waals surface area contributed by atoms with Crippen molar-refractivity contribution < 1.29 is 18.7 Å². The Morgan fingerprint density at radius 3 is 2.79 bits per heavy atom. The quantitative estimate of drug-likeness (QED) is 0.361. The second kappa shape index (κ2) is 9.15. The molecule has 1 aliphatic heterocycles. The Labute approximate surface area is 204 Å². The van der Waals surface area contributed by atoms with Gasteiger partial charge in [-0.1, -0.05) is 34.4 Å². The summed E-state index contributed by atoms with van der Waals surface area (Å²) in [6, 6.07) is 10.3. The molecular formula is C22H20Cl2N6O4. The van der Waals surface area contributed by atoms with E-state index in [2.05, 4.69) is 15.1 Å². The fraction of sp³-hybridized carbons (Fsp3) is 0.227. The zero-order valence-corrected chi connectivity index (χ0v) is 19.2. The number of halogens is 2. The number of rotatable bonds is 7. The Morgan fingerprint density at radius 2 is 2.06 bits per heavy atom. The first-order chi connectivity index (χ1) is 16.4. The van der Waals surface area contributed by atoms with E-state index in [0.29, 0.717) is 45.0 Å². The maximum absolute atomic E-state index is 6.52. The number of nitrogens with zero attached hydrogens (tertiary/aromatic N) is 4. The minimum absolute atomic E-state index is 0.0468. The van der Waals surface area contributed by atoms with Gasteiger partial charge in [0.15, 0.2) is 0 Å². The van der Waals surface area contributed by atoms with Gasteiger partial charge in [0.1, 0.15) is 18.5 Å². The van der Waals surface area contributed by atoms with Crippen LogP contribution < -0.4 is 16.2 Å². The summed E-state index contributed by atoms with van der Waals surface area (Å²) < 4.78 is 25.4. The Hall–Kier alpha value is -3.31. The standard InChI is InChI=1S/C22H20Cl2N6O4/c23-13-1-4-17(18(24)7-13)22(11-30-6-5-27-12-30)32-10-15(33-22)9-31-19-8-14(25)2-3-16(19)20-28-21(26)34-29-20/h1-8,12,15H,9-11,25H2,(H2,26,28,29). The van der Waals surface area contributed by atoms with Gasteiger partial charge in [-0.05, 0) is 24.3 Å². The maximum Gasteiger partial charge on any atom is 0.319 e. The van der Waals surface area contributed by atoms with Gasteiger partial charge in [0.25, 0.3) is 0 Å². The molecule has 0 spiro atoms. The second-order valence-electron chi connectivity index (χ2n) is 7.69. The van der Waals surface area contributed by atoms with Crippen molar-refractivity contribution in [3.63, 3.8) is 0 Å². The summed E-state index contributed by atoms with van der Waals surface area (Å²) in [5, 5.41) is 4.80. The molecule has 1 saturated heterocycles. The van der Waals surface area contributed by atoms with Crippen molar-refractivity contribution in [3.8, 4) is 17.1 Å². The van der Waals surface area contributed by atoms with Gasteiger partial charge in [-0.3, -0.25) is 0 Å². The Kier molecular flexibility index (Phi) is 6.05. The third-order valence-electron chi connectivity index (χ3n) is 5.26. The average Bonchev–Trinajstić information content (AvgIpc) is 3.55. The third kappa shape index (κ3) is 4.53. The minimum Gasteiger partial charge on any atom is -0.490 e. The minimum atomic E-state index is -1.16. The molecule has 0 saturated carbocycles. The monoisotopic (exact) mass is 502 g/mol. The molecule has 0 bridgehead atoms. The first-order valence-electron chi connectivity index (χ1n) is 10.3. The molecule has 1 fully saturated rings. The van der Waals surface area contributed by atoms with E-state index in [1.807, 2.05) is 10.8 Å². The van der Waals surface area contributed by atoms with E-state index in [0.717, 1.165) is 0 Å². The Morgan fingerprint density at radius 1 is 1.18 bits per heavy atom. The highest BCUT2D eigenvalue weighted by Gasteiger charge is 2.45. The topological polar surface area (TPSA) is 136 Å². The van der Waals surface area contributed by atoms with E-state index in [-0.39, 0.29) is 19.2 Å². The van der Waals surface area contributed by atoms with Crippen LogP contribution in [-0.4, -0.2) is 39.0 Å². The first-order valence-corrected chi connectivity index (χ1v) is 11.0. The molecule has 176 valence electrons. The van der Waals surface area contributed by atoms with Crippen LogP contribution in [0.5, 0.6) is 5.75 Å². The number of imidazole rings is 1.